The van der Waals surface area contributed by atoms with E-state index < -0.39 is 9.84 Å². The van der Waals surface area contributed by atoms with Gasteiger partial charge in [0.15, 0.2) is 9.84 Å². The van der Waals surface area contributed by atoms with Gasteiger partial charge in [-0.2, -0.15) is 0 Å². The van der Waals surface area contributed by atoms with Crippen LogP contribution in [0.15, 0.2) is 29.2 Å². The number of sulfone groups is 1. The summed E-state index contributed by atoms with van der Waals surface area (Å²) in [5, 5.41) is 3.41. The van der Waals surface area contributed by atoms with Gasteiger partial charge in [-0.15, -0.1) is 0 Å². The van der Waals surface area contributed by atoms with Crippen molar-refractivity contribution in [3.8, 4) is 0 Å². The van der Waals surface area contributed by atoms with Crippen molar-refractivity contribution in [2.75, 3.05) is 11.6 Å². The van der Waals surface area contributed by atoms with Gasteiger partial charge in [0, 0.05) is 18.0 Å². The summed E-state index contributed by atoms with van der Waals surface area (Å²) < 4.78 is 28.8. The van der Waals surface area contributed by atoms with Crippen LogP contribution >= 0.6 is 0 Å². The van der Waals surface area contributed by atoms with Crippen molar-refractivity contribution in [1.29, 1.82) is 0 Å². The molecule has 1 saturated heterocycles. The van der Waals surface area contributed by atoms with Gasteiger partial charge in [-0.3, -0.25) is 0 Å². The van der Waals surface area contributed by atoms with Crippen molar-refractivity contribution in [3.05, 3.63) is 24.3 Å². The Hall–Kier alpha value is -1.07. The fourth-order valence-electron chi connectivity index (χ4n) is 2.58. The minimum Gasteiger partial charge on any atom is -0.382 e. The average molecular weight is 283 g/mol. The predicted octanol–water partition coefficient (Wildman–Crippen LogP) is 2.46. The highest BCUT2D eigenvalue weighted by Gasteiger charge is 2.24. The van der Waals surface area contributed by atoms with E-state index in [2.05, 4.69) is 19.2 Å². The molecule has 19 heavy (non-hydrogen) atoms. The first-order valence-corrected chi connectivity index (χ1v) is 8.46. The molecule has 2 rings (SSSR count). The van der Waals surface area contributed by atoms with Crippen LogP contribution in [0.2, 0.25) is 0 Å². The standard InChI is InChI=1S/C14H21NO3S/c1-10-7-13(8-11(2)18-10)15-12-5-4-6-14(9-12)19(3,16)17/h4-6,9-11,13,15H,7-8H2,1-3H3. The Morgan fingerprint density at radius 3 is 2.42 bits per heavy atom. The lowest BCUT2D eigenvalue weighted by molar-refractivity contribution is -0.0337. The third-order valence-electron chi connectivity index (χ3n) is 3.33. The van der Waals surface area contributed by atoms with Gasteiger partial charge in [0.25, 0.3) is 0 Å². The second-order valence-corrected chi connectivity index (χ2v) is 7.39. The fourth-order valence-corrected chi connectivity index (χ4v) is 3.24. The first-order chi connectivity index (χ1) is 8.84. The van der Waals surface area contributed by atoms with E-state index in [0.717, 1.165) is 18.5 Å². The third-order valence-corrected chi connectivity index (χ3v) is 4.44. The summed E-state index contributed by atoms with van der Waals surface area (Å²) in [7, 11) is -3.15. The number of anilines is 1. The Labute approximate surface area is 115 Å². The van der Waals surface area contributed by atoms with Gasteiger partial charge in [0.2, 0.25) is 0 Å². The molecule has 0 radical (unpaired) electrons. The number of hydrogen-bond acceptors (Lipinski definition) is 4. The summed E-state index contributed by atoms with van der Waals surface area (Å²) in [6.07, 6.45) is 3.57. The van der Waals surface area contributed by atoms with Crippen LogP contribution in [0.5, 0.6) is 0 Å². The van der Waals surface area contributed by atoms with Crippen molar-refractivity contribution in [3.63, 3.8) is 0 Å². The number of ether oxygens (including phenoxy) is 1. The normalized spacial score (nSPS) is 28.1. The number of benzene rings is 1. The quantitative estimate of drug-likeness (QED) is 0.926. The molecule has 0 aromatic heterocycles. The summed E-state index contributed by atoms with van der Waals surface area (Å²) in [6.45, 7) is 4.13. The number of hydrogen-bond donors (Lipinski definition) is 1. The third kappa shape index (κ3) is 3.94. The van der Waals surface area contributed by atoms with Crippen molar-refractivity contribution in [2.45, 2.75) is 49.8 Å². The van der Waals surface area contributed by atoms with Crippen LogP contribution < -0.4 is 5.32 Å². The molecule has 2 unspecified atom stereocenters. The maximum atomic E-state index is 11.5. The molecule has 1 aliphatic heterocycles. The first kappa shape index (κ1) is 14.3. The first-order valence-electron chi connectivity index (χ1n) is 6.56. The van der Waals surface area contributed by atoms with E-state index in [0.29, 0.717) is 10.9 Å². The molecule has 1 aliphatic rings. The van der Waals surface area contributed by atoms with Crippen molar-refractivity contribution < 1.29 is 13.2 Å². The number of nitrogens with one attached hydrogen (secondary N) is 1. The molecule has 1 N–H and O–H groups in total. The average Bonchev–Trinajstić information content (AvgIpc) is 2.26. The maximum Gasteiger partial charge on any atom is 0.175 e. The Morgan fingerprint density at radius 1 is 1.21 bits per heavy atom. The van der Waals surface area contributed by atoms with E-state index in [1.807, 2.05) is 6.07 Å². The van der Waals surface area contributed by atoms with E-state index in [1.165, 1.54) is 6.26 Å². The lowest BCUT2D eigenvalue weighted by Crippen LogP contribution is -2.36. The minimum atomic E-state index is -3.15. The summed E-state index contributed by atoms with van der Waals surface area (Å²) in [6, 6.07) is 7.31. The summed E-state index contributed by atoms with van der Waals surface area (Å²) in [5.74, 6) is 0. The SMILES string of the molecule is CC1CC(Nc2cccc(S(C)(=O)=O)c2)CC(C)O1. The Balaban J connectivity index is 2.11. The van der Waals surface area contributed by atoms with Crippen LogP contribution in [0.1, 0.15) is 26.7 Å². The molecule has 0 amide bonds. The van der Waals surface area contributed by atoms with Crippen molar-refractivity contribution >= 4 is 15.5 Å². The fraction of sp³-hybridized carbons (Fsp3) is 0.571. The molecule has 0 saturated carbocycles. The molecule has 1 aromatic carbocycles. The largest absolute Gasteiger partial charge is 0.382 e. The van der Waals surface area contributed by atoms with Crippen molar-refractivity contribution in [2.24, 2.45) is 0 Å². The molecule has 5 heteroatoms. The van der Waals surface area contributed by atoms with E-state index in [4.69, 9.17) is 4.74 Å². The maximum absolute atomic E-state index is 11.5. The highest BCUT2D eigenvalue weighted by Crippen LogP contribution is 2.23. The Kier molecular flexibility index (Phi) is 4.16. The van der Waals surface area contributed by atoms with Gasteiger partial charge < -0.3 is 10.1 Å². The van der Waals surface area contributed by atoms with E-state index >= 15 is 0 Å². The zero-order valence-corrected chi connectivity index (χ0v) is 12.4. The lowest BCUT2D eigenvalue weighted by atomic mass is 9.99. The minimum absolute atomic E-state index is 0.236. The van der Waals surface area contributed by atoms with Gasteiger partial charge in [0.1, 0.15) is 0 Å². The summed E-state index contributed by atoms with van der Waals surface area (Å²) >= 11 is 0. The molecular weight excluding hydrogens is 262 g/mol. The molecule has 1 fully saturated rings. The molecule has 1 aromatic rings. The molecule has 1 heterocycles. The predicted molar refractivity (Wildman–Crippen MR) is 76.2 cm³/mol. The van der Waals surface area contributed by atoms with Crippen LogP contribution in [-0.4, -0.2) is 32.9 Å². The summed E-state index contributed by atoms with van der Waals surface area (Å²) in [5.41, 5.74) is 0.856. The molecule has 106 valence electrons. The van der Waals surface area contributed by atoms with Crippen LogP contribution in [0.3, 0.4) is 0 Å². The van der Waals surface area contributed by atoms with Gasteiger partial charge in [-0.1, -0.05) is 6.07 Å². The Morgan fingerprint density at radius 2 is 1.84 bits per heavy atom. The van der Waals surface area contributed by atoms with Gasteiger partial charge in [0.05, 0.1) is 17.1 Å². The molecule has 0 aliphatic carbocycles. The topological polar surface area (TPSA) is 55.4 Å². The van der Waals surface area contributed by atoms with Gasteiger partial charge in [-0.05, 0) is 44.9 Å². The number of rotatable bonds is 3. The molecule has 4 nitrogen and oxygen atoms in total. The van der Waals surface area contributed by atoms with E-state index in [-0.39, 0.29) is 12.2 Å². The monoisotopic (exact) mass is 283 g/mol. The molecule has 0 spiro atoms. The highest BCUT2D eigenvalue weighted by atomic mass is 32.2. The second-order valence-electron chi connectivity index (χ2n) is 5.37. The van der Waals surface area contributed by atoms with Gasteiger partial charge >= 0.3 is 0 Å². The van der Waals surface area contributed by atoms with Crippen LogP contribution in [-0.2, 0) is 14.6 Å². The molecule has 0 bridgehead atoms. The van der Waals surface area contributed by atoms with Crippen LogP contribution in [0.4, 0.5) is 5.69 Å². The summed E-state index contributed by atoms with van der Waals surface area (Å²) in [4.78, 5) is 0.352. The highest BCUT2D eigenvalue weighted by molar-refractivity contribution is 7.90. The second kappa shape index (κ2) is 5.51. The Bertz CT molecular complexity index is 531. The molecule has 2 atom stereocenters. The smallest absolute Gasteiger partial charge is 0.175 e. The molecular formula is C14H21NO3S. The lowest BCUT2D eigenvalue weighted by Gasteiger charge is -2.33. The zero-order chi connectivity index (χ0) is 14.0. The van der Waals surface area contributed by atoms with Gasteiger partial charge in [-0.25, -0.2) is 8.42 Å². The van der Waals surface area contributed by atoms with Crippen LogP contribution in [0.25, 0.3) is 0 Å². The zero-order valence-electron chi connectivity index (χ0n) is 11.6. The van der Waals surface area contributed by atoms with Crippen molar-refractivity contribution in [1.82, 2.24) is 0 Å². The van der Waals surface area contributed by atoms with Crippen LogP contribution in [0, 0.1) is 0 Å². The van der Waals surface area contributed by atoms with E-state index in [9.17, 15) is 8.42 Å². The van der Waals surface area contributed by atoms with E-state index in [1.54, 1.807) is 18.2 Å².